The van der Waals surface area contributed by atoms with E-state index in [1.54, 1.807) is 0 Å². The number of ether oxygens (including phenoxy) is 1. The first-order valence-electron chi connectivity index (χ1n) is 7.26. The number of hydrogen-bond acceptors (Lipinski definition) is 4. The summed E-state index contributed by atoms with van der Waals surface area (Å²) in [5, 5.41) is 7.21. The van der Waals surface area contributed by atoms with Gasteiger partial charge >= 0.3 is 0 Å². The Morgan fingerprint density at radius 3 is 2.89 bits per heavy atom. The van der Waals surface area contributed by atoms with E-state index in [9.17, 15) is 0 Å². The van der Waals surface area contributed by atoms with Crippen molar-refractivity contribution in [3.05, 3.63) is 21.9 Å². The summed E-state index contributed by atoms with van der Waals surface area (Å²) in [5.74, 6) is 0. The van der Waals surface area contributed by atoms with Gasteiger partial charge in [-0.15, -0.1) is 11.3 Å². The highest BCUT2D eigenvalue weighted by molar-refractivity contribution is 7.11. The van der Waals surface area contributed by atoms with Gasteiger partial charge in [0.05, 0.1) is 13.2 Å². The van der Waals surface area contributed by atoms with Crippen LogP contribution in [0.2, 0.25) is 0 Å². The van der Waals surface area contributed by atoms with E-state index in [4.69, 9.17) is 4.74 Å². The van der Waals surface area contributed by atoms with Crippen LogP contribution in [0.15, 0.2) is 12.1 Å². The van der Waals surface area contributed by atoms with Crippen molar-refractivity contribution in [1.29, 1.82) is 0 Å². The van der Waals surface area contributed by atoms with Crippen LogP contribution in [0.3, 0.4) is 0 Å². The first-order chi connectivity index (χ1) is 9.13. The van der Waals surface area contributed by atoms with Crippen LogP contribution in [0.4, 0.5) is 0 Å². The highest BCUT2D eigenvalue weighted by Crippen LogP contribution is 2.17. The van der Waals surface area contributed by atoms with Crippen LogP contribution >= 0.6 is 11.3 Å². The predicted octanol–water partition coefficient (Wildman–Crippen LogP) is 2.34. The molecule has 0 bridgehead atoms. The third-order valence-corrected chi connectivity index (χ3v) is 4.53. The number of nitrogens with one attached hydrogen (secondary N) is 2. The van der Waals surface area contributed by atoms with Crippen molar-refractivity contribution in [2.24, 2.45) is 0 Å². The summed E-state index contributed by atoms with van der Waals surface area (Å²) in [5.41, 5.74) is 0. The van der Waals surface area contributed by atoms with Crippen molar-refractivity contribution >= 4 is 11.3 Å². The molecule has 0 amide bonds. The Kier molecular flexibility index (Phi) is 5.82. The quantitative estimate of drug-likeness (QED) is 0.840. The molecule has 3 unspecified atom stereocenters. The van der Waals surface area contributed by atoms with E-state index in [-0.39, 0.29) is 0 Å². The summed E-state index contributed by atoms with van der Waals surface area (Å²) in [6.45, 7) is 9.41. The van der Waals surface area contributed by atoms with Crippen molar-refractivity contribution in [3.8, 4) is 0 Å². The molecule has 1 aromatic rings. The van der Waals surface area contributed by atoms with E-state index in [1.807, 2.05) is 11.3 Å². The third-order valence-electron chi connectivity index (χ3n) is 3.51. The van der Waals surface area contributed by atoms with Crippen molar-refractivity contribution in [1.82, 2.24) is 10.6 Å². The molecule has 1 saturated heterocycles. The highest BCUT2D eigenvalue weighted by Gasteiger charge is 2.17. The topological polar surface area (TPSA) is 33.3 Å². The van der Waals surface area contributed by atoms with Gasteiger partial charge in [0.25, 0.3) is 0 Å². The molecular formula is C15H26N2OS. The average molecular weight is 282 g/mol. The van der Waals surface area contributed by atoms with Gasteiger partial charge in [-0.2, -0.15) is 0 Å². The van der Waals surface area contributed by atoms with Crippen molar-refractivity contribution in [2.45, 2.75) is 51.7 Å². The summed E-state index contributed by atoms with van der Waals surface area (Å²) < 4.78 is 5.50. The second-order valence-corrected chi connectivity index (χ2v) is 7.02. The summed E-state index contributed by atoms with van der Waals surface area (Å²) in [6, 6.07) is 6.01. The lowest BCUT2D eigenvalue weighted by Crippen LogP contribution is -2.46. The molecule has 2 heterocycles. The molecule has 0 aliphatic carbocycles. The lowest BCUT2D eigenvalue weighted by Gasteiger charge is -2.28. The molecule has 1 aromatic heterocycles. The summed E-state index contributed by atoms with van der Waals surface area (Å²) in [4.78, 5) is 2.88. The van der Waals surface area contributed by atoms with E-state index in [0.717, 1.165) is 32.6 Å². The third kappa shape index (κ3) is 5.22. The second-order valence-electron chi connectivity index (χ2n) is 5.65. The summed E-state index contributed by atoms with van der Waals surface area (Å²) in [7, 11) is 0. The molecule has 2 rings (SSSR count). The summed E-state index contributed by atoms with van der Waals surface area (Å²) in [6.07, 6.45) is 2.26. The van der Waals surface area contributed by atoms with Crippen LogP contribution in [0.25, 0.3) is 0 Å². The van der Waals surface area contributed by atoms with E-state index in [1.165, 1.54) is 9.75 Å². The number of aryl methyl sites for hydroxylation is 1. The fourth-order valence-corrected chi connectivity index (χ4v) is 3.73. The van der Waals surface area contributed by atoms with Gasteiger partial charge in [0.1, 0.15) is 0 Å². The molecule has 4 heteroatoms. The molecule has 3 atom stereocenters. The minimum atomic E-state index is 0.507. The molecule has 1 aliphatic rings. The zero-order valence-corrected chi connectivity index (χ0v) is 13.1. The van der Waals surface area contributed by atoms with Crippen molar-refractivity contribution in [3.63, 3.8) is 0 Å². The number of morpholine rings is 1. The van der Waals surface area contributed by atoms with Gasteiger partial charge in [-0.25, -0.2) is 0 Å². The van der Waals surface area contributed by atoms with Crippen LogP contribution in [0, 0.1) is 6.92 Å². The maximum Gasteiger partial charge on any atom is 0.0620 e. The molecule has 0 radical (unpaired) electrons. The van der Waals surface area contributed by atoms with Gasteiger partial charge in [-0.05, 0) is 45.7 Å². The molecule has 108 valence electrons. The standard InChI is InChI=1S/C15H26N2OS/c1-11(8-14-10-18-7-6-16-14)17-12(2)9-15-5-4-13(3)19-15/h4-5,11-12,14,16-17H,6-10H2,1-3H3. The number of hydrogen-bond donors (Lipinski definition) is 2. The van der Waals surface area contributed by atoms with Gasteiger partial charge in [0.2, 0.25) is 0 Å². The Morgan fingerprint density at radius 1 is 1.42 bits per heavy atom. The molecule has 0 spiro atoms. The molecule has 3 nitrogen and oxygen atoms in total. The Morgan fingerprint density at radius 2 is 2.26 bits per heavy atom. The fraction of sp³-hybridized carbons (Fsp3) is 0.733. The van der Waals surface area contributed by atoms with Gasteiger partial charge in [0, 0.05) is 34.4 Å². The van der Waals surface area contributed by atoms with Crippen LogP contribution in [0.5, 0.6) is 0 Å². The lowest BCUT2D eigenvalue weighted by molar-refractivity contribution is 0.0708. The Labute approximate surface area is 120 Å². The zero-order valence-electron chi connectivity index (χ0n) is 12.2. The molecule has 0 aromatic carbocycles. The molecule has 19 heavy (non-hydrogen) atoms. The SMILES string of the molecule is Cc1ccc(CC(C)NC(C)CC2COCCN2)s1. The van der Waals surface area contributed by atoms with E-state index >= 15 is 0 Å². The lowest BCUT2D eigenvalue weighted by atomic mass is 10.1. The van der Waals surface area contributed by atoms with Gasteiger partial charge in [0.15, 0.2) is 0 Å². The van der Waals surface area contributed by atoms with Gasteiger partial charge in [-0.3, -0.25) is 0 Å². The maximum absolute atomic E-state index is 5.50. The van der Waals surface area contributed by atoms with Crippen LogP contribution in [-0.2, 0) is 11.2 Å². The van der Waals surface area contributed by atoms with E-state index in [2.05, 4.69) is 43.5 Å². The Bertz CT molecular complexity index is 374. The van der Waals surface area contributed by atoms with E-state index in [0.29, 0.717) is 18.1 Å². The van der Waals surface area contributed by atoms with Gasteiger partial charge < -0.3 is 15.4 Å². The van der Waals surface area contributed by atoms with Gasteiger partial charge in [-0.1, -0.05) is 0 Å². The van der Waals surface area contributed by atoms with Crippen LogP contribution < -0.4 is 10.6 Å². The average Bonchev–Trinajstić information content (AvgIpc) is 2.75. The van der Waals surface area contributed by atoms with E-state index < -0.39 is 0 Å². The number of rotatable bonds is 6. The maximum atomic E-state index is 5.50. The molecule has 2 N–H and O–H groups in total. The number of thiophene rings is 1. The molecule has 1 aliphatic heterocycles. The highest BCUT2D eigenvalue weighted by atomic mass is 32.1. The van der Waals surface area contributed by atoms with Crippen LogP contribution in [0.1, 0.15) is 30.0 Å². The summed E-state index contributed by atoms with van der Waals surface area (Å²) >= 11 is 1.91. The predicted molar refractivity (Wildman–Crippen MR) is 82.0 cm³/mol. The fourth-order valence-electron chi connectivity index (χ4n) is 2.71. The molecular weight excluding hydrogens is 256 g/mol. The smallest absolute Gasteiger partial charge is 0.0620 e. The minimum absolute atomic E-state index is 0.507. The largest absolute Gasteiger partial charge is 0.379 e. The second kappa shape index (κ2) is 7.39. The molecule has 0 saturated carbocycles. The first kappa shape index (κ1) is 15.0. The minimum Gasteiger partial charge on any atom is -0.379 e. The zero-order chi connectivity index (χ0) is 13.7. The van der Waals surface area contributed by atoms with Crippen molar-refractivity contribution < 1.29 is 4.74 Å². The van der Waals surface area contributed by atoms with Crippen molar-refractivity contribution in [2.75, 3.05) is 19.8 Å². The Hall–Kier alpha value is -0.420. The van der Waals surface area contributed by atoms with Crippen LogP contribution in [-0.4, -0.2) is 37.9 Å². The first-order valence-corrected chi connectivity index (χ1v) is 8.07. The normalized spacial score (nSPS) is 23.2. The molecule has 1 fully saturated rings. The monoisotopic (exact) mass is 282 g/mol. The Balaban J connectivity index is 1.70.